The van der Waals surface area contributed by atoms with Crippen molar-refractivity contribution in [2.24, 2.45) is 11.7 Å². The van der Waals surface area contributed by atoms with Gasteiger partial charge in [0.25, 0.3) is 0 Å². The van der Waals surface area contributed by atoms with Gasteiger partial charge < -0.3 is 10.5 Å². The second-order valence-corrected chi connectivity index (χ2v) is 3.39. The number of hydrogen-bond acceptors (Lipinski definition) is 2. The molecule has 0 aromatic carbocycles. The first-order valence-corrected chi connectivity index (χ1v) is 4.59. The molecule has 0 rings (SSSR count). The van der Waals surface area contributed by atoms with Crippen molar-refractivity contribution in [2.75, 3.05) is 20.3 Å². The molecule has 0 saturated heterocycles. The highest BCUT2D eigenvalue weighted by Crippen LogP contribution is 2.08. The van der Waals surface area contributed by atoms with Crippen molar-refractivity contribution >= 4 is 0 Å². The van der Waals surface area contributed by atoms with E-state index in [9.17, 15) is 0 Å². The first-order valence-electron chi connectivity index (χ1n) is 4.59. The predicted molar refractivity (Wildman–Crippen MR) is 53.1 cm³/mol. The lowest BCUT2D eigenvalue weighted by atomic mass is 10.1. The molecule has 0 aromatic heterocycles. The minimum Gasteiger partial charge on any atom is -0.380 e. The molecule has 2 N–H and O–H groups in total. The molecule has 0 spiro atoms. The summed E-state index contributed by atoms with van der Waals surface area (Å²) in [6.45, 7) is 5.87. The maximum Gasteiger partial charge on any atom is 0.0673 e. The first-order chi connectivity index (χ1) is 5.70. The Balaban J connectivity index is 3.85. The van der Waals surface area contributed by atoms with Gasteiger partial charge in [0.15, 0.2) is 0 Å². The van der Waals surface area contributed by atoms with Crippen molar-refractivity contribution in [3.63, 3.8) is 0 Å². The fraction of sp³-hybridized carbons (Fsp3) is 0.800. The van der Waals surface area contributed by atoms with Crippen LogP contribution in [0.5, 0.6) is 0 Å². The molecule has 0 atom stereocenters. The first kappa shape index (κ1) is 11.7. The predicted octanol–water partition coefficient (Wildman–Crippen LogP) is 1.95. The molecule has 0 heterocycles. The summed E-state index contributed by atoms with van der Waals surface area (Å²) in [5, 5.41) is 0. The van der Waals surface area contributed by atoms with Gasteiger partial charge in [-0.15, -0.1) is 0 Å². The quantitative estimate of drug-likeness (QED) is 0.620. The number of methoxy groups -OCH3 is 1. The lowest BCUT2D eigenvalue weighted by Crippen LogP contribution is -2.02. The molecule has 0 bridgehead atoms. The van der Waals surface area contributed by atoms with E-state index in [2.05, 4.69) is 19.9 Å². The molecule has 0 aliphatic rings. The third-order valence-electron chi connectivity index (χ3n) is 1.60. The van der Waals surface area contributed by atoms with Crippen LogP contribution in [-0.2, 0) is 4.74 Å². The minimum atomic E-state index is 0.605. The van der Waals surface area contributed by atoms with Crippen molar-refractivity contribution in [1.29, 1.82) is 0 Å². The summed E-state index contributed by atoms with van der Waals surface area (Å²) in [5.41, 5.74) is 6.81. The number of allylic oxidation sites excluding steroid dienone is 1. The maximum atomic E-state index is 5.44. The Morgan fingerprint density at radius 3 is 2.58 bits per heavy atom. The van der Waals surface area contributed by atoms with E-state index in [1.165, 1.54) is 5.57 Å². The molecular formula is C10H21NO. The Morgan fingerprint density at radius 1 is 1.50 bits per heavy atom. The van der Waals surface area contributed by atoms with Gasteiger partial charge in [0.2, 0.25) is 0 Å². The molecule has 0 saturated carbocycles. The summed E-state index contributed by atoms with van der Waals surface area (Å²) in [5.74, 6) is 0.605. The van der Waals surface area contributed by atoms with Gasteiger partial charge in [-0.1, -0.05) is 19.9 Å². The standard InChI is InChI=1S/C10H21NO/c1-9(2)7-10(8-12-3)5-4-6-11/h7,9H,4-6,8,11H2,1-3H3. The second kappa shape index (κ2) is 7.32. The fourth-order valence-corrected chi connectivity index (χ4v) is 1.19. The van der Waals surface area contributed by atoms with Gasteiger partial charge >= 0.3 is 0 Å². The van der Waals surface area contributed by atoms with Crippen LogP contribution in [-0.4, -0.2) is 20.3 Å². The van der Waals surface area contributed by atoms with E-state index >= 15 is 0 Å². The van der Waals surface area contributed by atoms with Crippen LogP contribution in [0.2, 0.25) is 0 Å². The normalized spacial score (nSPS) is 12.6. The molecule has 12 heavy (non-hydrogen) atoms. The van der Waals surface area contributed by atoms with Crippen molar-refractivity contribution < 1.29 is 4.74 Å². The van der Waals surface area contributed by atoms with Crippen molar-refractivity contribution in [3.8, 4) is 0 Å². The number of hydrogen-bond donors (Lipinski definition) is 1. The summed E-state index contributed by atoms with van der Waals surface area (Å²) in [6, 6.07) is 0. The molecule has 0 aliphatic carbocycles. The van der Waals surface area contributed by atoms with Crippen LogP contribution in [0.1, 0.15) is 26.7 Å². The molecule has 0 aliphatic heterocycles. The SMILES string of the molecule is COCC(=CC(C)C)CCCN. The number of nitrogens with two attached hydrogens (primary N) is 1. The van der Waals surface area contributed by atoms with Crippen LogP contribution in [0.25, 0.3) is 0 Å². The highest BCUT2D eigenvalue weighted by atomic mass is 16.5. The van der Waals surface area contributed by atoms with Gasteiger partial charge in [0.1, 0.15) is 0 Å². The van der Waals surface area contributed by atoms with Gasteiger partial charge in [0.05, 0.1) is 6.61 Å². The smallest absolute Gasteiger partial charge is 0.0673 e. The van der Waals surface area contributed by atoms with Crippen LogP contribution < -0.4 is 5.73 Å². The zero-order valence-electron chi connectivity index (χ0n) is 8.47. The molecule has 0 aromatic rings. The van der Waals surface area contributed by atoms with E-state index < -0.39 is 0 Å². The van der Waals surface area contributed by atoms with E-state index in [-0.39, 0.29) is 0 Å². The molecular weight excluding hydrogens is 150 g/mol. The third-order valence-corrected chi connectivity index (χ3v) is 1.60. The van der Waals surface area contributed by atoms with Crippen LogP contribution in [0.4, 0.5) is 0 Å². The van der Waals surface area contributed by atoms with E-state index in [0.29, 0.717) is 5.92 Å². The second-order valence-electron chi connectivity index (χ2n) is 3.39. The lowest BCUT2D eigenvalue weighted by Gasteiger charge is -2.07. The largest absolute Gasteiger partial charge is 0.380 e. The fourth-order valence-electron chi connectivity index (χ4n) is 1.19. The minimum absolute atomic E-state index is 0.605. The average Bonchev–Trinajstić information content (AvgIpc) is 2.00. The molecule has 72 valence electrons. The number of rotatable bonds is 6. The third kappa shape index (κ3) is 6.38. The van der Waals surface area contributed by atoms with Crippen LogP contribution in [0, 0.1) is 5.92 Å². The zero-order chi connectivity index (χ0) is 9.40. The molecule has 0 amide bonds. The van der Waals surface area contributed by atoms with Gasteiger partial charge in [-0.3, -0.25) is 0 Å². The Bertz CT molecular complexity index is 130. The van der Waals surface area contributed by atoms with E-state index in [0.717, 1.165) is 26.0 Å². The molecule has 2 nitrogen and oxygen atoms in total. The summed E-state index contributed by atoms with van der Waals surface area (Å²) in [7, 11) is 1.73. The van der Waals surface area contributed by atoms with Crippen molar-refractivity contribution in [3.05, 3.63) is 11.6 Å². The van der Waals surface area contributed by atoms with Gasteiger partial charge in [-0.05, 0) is 30.9 Å². The van der Waals surface area contributed by atoms with Crippen LogP contribution in [0.3, 0.4) is 0 Å². The summed E-state index contributed by atoms with van der Waals surface area (Å²) in [6.07, 6.45) is 4.39. The summed E-state index contributed by atoms with van der Waals surface area (Å²) < 4.78 is 5.09. The highest BCUT2D eigenvalue weighted by molar-refractivity contribution is 5.03. The Hall–Kier alpha value is -0.340. The highest BCUT2D eigenvalue weighted by Gasteiger charge is 1.97. The van der Waals surface area contributed by atoms with E-state index in [1.807, 2.05) is 0 Å². The Kier molecular flexibility index (Phi) is 7.11. The van der Waals surface area contributed by atoms with Crippen LogP contribution >= 0.6 is 0 Å². The molecule has 0 radical (unpaired) electrons. The summed E-state index contributed by atoms with van der Waals surface area (Å²) >= 11 is 0. The Morgan fingerprint density at radius 2 is 2.17 bits per heavy atom. The zero-order valence-corrected chi connectivity index (χ0v) is 8.47. The maximum absolute atomic E-state index is 5.44. The van der Waals surface area contributed by atoms with Gasteiger partial charge in [-0.25, -0.2) is 0 Å². The average molecular weight is 171 g/mol. The molecule has 0 fully saturated rings. The topological polar surface area (TPSA) is 35.2 Å². The molecule has 2 heteroatoms. The summed E-state index contributed by atoms with van der Waals surface area (Å²) in [4.78, 5) is 0. The monoisotopic (exact) mass is 171 g/mol. The van der Waals surface area contributed by atoms with E-state index in [4.69, 9.17) is 10.5 Å². The van der Waals surface area contributed by atoms with Crippen LogP contribution in [0.15, 0.2) is 11.6 Å². The van der Waals surface area contributed by atoms with Crippen molar-refractivity contribution in [2.45, 2.75) is 26.7 Å². The lowest BCUT2D eigenvalue weighted by molar-refractivity contribution is 0.222. The molecule has 0 unspecified atom stereocenters. The number of ether oxygens (including phenoxy) is 1. The van der Waals surface area contributed by atoms with E-state index in [1.54, 1.807) is 7.11 Å². The van der Waals surface area contributed by atoms with Crippen molar-refractivity contribution in [1.82, 2.24) is 0 Å². The van der Waals surface area contributed by atoms with Gasteiger partial charge in [0, 0.05) is 7.11 Å². The Labute approximate surface area is 75.8 Å². The van der Waals surface area contributed by atoms with Gasteiger partial charge in [-0.2, -0.15) is 0 Å².